The number of carboxylic acid groups (broad SMARTS) is 1. The van der Waals surface area contributed by atoms with Crippen LogP contribution in [0.5, 0.6) is 0 Å². The van der Waals surface area contributed by atoms with E-state index in [1.165, 1.54) is 11.8 Å². The molecule has 0 radical (unpaired) electrons. The number of carbonyl (C=O) groups is 1. The number of carboxylic acids is 1. The normalized spacial score (nSPS) is 12.7. The summed E-state index contributed by atoms with van der Waals surface area (Å²) >= 11 is 1.29. The Morgan fingerprint density at radius 2 is 1.69 bits per heavy atom. The number of hydrogen-bond donors (Lipinski definition) is 1. The maximum atomic E-state index is 11.6. The molecule has 2 aromatic carbocycles. The molecule has 26 heavy (non-hydrogen) atoms. The molecule has 0 fully saturated rings. The summed E-state index contributed by atoms with van der Waals surface area (Å²) in [4.78, 5) is 20.8. The smallest absolute Gasteiger partial charge is 0.317 e. The number of thioether (sulfide) groups is 1. The van der Waals surface area contributed by atoms with E-state index in [1.807, 2.05) is 80.6 Å². The quantitative estimate of drug-likeness (QED) is 0.492. The molecule has 0 saturated heterocycles. The molecule has 0 aliphatic rings. The zero-order valence-corrected chi connectivity index (χ0v) is 15.5. The lowest BCUT2D eigenvalue weighted by atomic mass is 10.1. The van der Waals surface area contributed by atoms with Crippen molar-refractivity contribution >= 4 is 40.8 Å². The van der Waals surface area contributed by atoms with Crippen LogP contribution in [-0.4, -0.2) is 26.3 Å². The molecule has 0 amide bonds. The summed E-state index contributed by atoms with van der Waals surface area (Å²) < 4.78 is 0. The van der Waals surface area contributed by atoms with Gasteiger partial charge in [-0.3, -0.25) is 4.79 Å². The van der Waals surface area contributed by atoms with Crippen molar-refractivity contribution in [1.82, 2.24) is 9.97 Å². The molecule has 3 aromatic rings. The summed E-state index contributed by atoms with van der Waals surface area (Å²) in [6, 6.07) is 17.6. The Labute approximate surface area is 157 Å². The number of aromatic nitrogens is 2. The van der Waals surface area contributed by atoms with Crippen molar-refractivity contribution < 1.29 is 9.90 Å². The van der Waals surface area contributed by atoms with Gasteiger partial charge in [0.25, 0.3) is 0 Å². The first-order valence-corrected chi connectivity index (χ1v) is 9.32. The lowest BCUT2D eigenvalue weighted by Gasteiger charge is -2.16. The minimum Gasteiger partial charge on any atom is -0.480 e. The second-order valence-corrected chi connectivity index (χ2v) is 7.40. The second-order valence-electron chi connectivity index (χ2n) is 6.27. The van der Waals surface area contributed by atoms with Crippen molar-refractivity contribution in [3.63, 3.8) is 0 Å². The van der Waals surface area contributed by atoms with Crippen LogP contribution in [0.3, 0.4) is 0 Å². The van der Waals surface area contributed by atoms with Gasteiger partial charge in [0.05, 0.1) is 5.52 Å². The van der Waals surface area contributed by atoms with E-state index in [1.54, 1.807) is 0 Å². The highest BCUT2D eigenvalue weighted by Crippen LogP contribution is 2.32. The summed E-state index contributed by atoms with van der Waals surface area (Å²) in [5, 5.41) is 10.5. The molecule has 132 valence electrons. The van der Waals surface area contributed by atoms with Crippen molar-refractivity contribution in [1.29, 1.82) is 0 Å². The van der Waals surface area contributed by atoms with Gasteiger partial charge < -0.3 is 5.11 Å². The van der Waals surface area contributed by atoms with Gasteiger partial charge in [0.15, 0.2) is 5.82 Å². The zero-order chi connectivity index (χ0) is 18.5. The number of rotatable bonds is 6. The van der Waals surface area contributed by atoms with Crippen LogP contribution in [0.25, 0.3) is 23.1 Å². The number of benzene rings is 2. The Hall–Kier alpha value is -2.66. The highest BCUT2D eigenvalue weighted by Gasteiger charge is 2.24. The molecule has 1 N–H and O–H groups in total. The van der Waals surface area contributed by atoms with Crippen molar-refractivity contribution in [2.45, 2.75) is 24.1 Å². The van der Waals surface area contributed by atoms with Gasteiger partial charge in [-0.25, -0.2) is 9.97 Å². The molecule has 4 nitrogen and oxygen atoms in total. The minimum absolute atomic E-state index is 0.00506. The molecular formula is C21H20N2O2S. The van der Waals surface area contributed by atoms with Gasteiger partial charge in [0, 0.05) is 5.39 Å². The van der Waals surface area contributed by atoms with E-state index in [9.17, 15) is 9.90 Å². The van der Waals surface area contributed by atoms with Crippen molar-refractivity contribution in [3.05, 3.63) is 66.0 Å². The molecule has 0 spiro atoms. The van der Waals surface area contributed by atoms with Gasteiger partial charge >= 0.3 is 5.97 Å². The number of para-hydroxylation sites is 1. The molecule has 1 heterocycles. The molecule has 0 saturated carbocycles. The molecule has 0 aliphatic heterocycles. The number of fused-ring (bicyclic) bond motifs is 1. The molecule has 1 unspecified atom stereocenters. The minimum atomic E-state index is -0.825. The van der Waals surface area contributed by atoms with Crippen LogP contribution in [0, 0.1) is 5.92 Å². The molecule has 5 heteroatoms. The first-order valence-electron chi connectivity index (χ1n) is 8.44. The molecule has 3 rings (SSSR count). The van der Waals surface area contributed by atoms with Crippen LogP contribution in [0.2, 0.25) is 0 Å². The van der Waals surface area contributed by atoms with E-state index in [0.29, 0.717) is 10.9 Å². The summed E-state index contributed by atoms with van der Waals surface area (Å²) in [7, 11) is 0. The summed E-state index contributed by atoms with van der Waals surface area (Å²) in [6.45, 7) is 3.82. The third-order valence-electron chi connectivity index (χ3n) is 3.90. The van der Waals surface area contributed by atoms with Crippen LogP contribution in [0.15, 0.2) is 59.6 Å². The van der Waals surface area contributed by atoms with E-state index in [-0.39, 0.29) is 5.92 Å². The summed E-state index contributed by atoms with van der Waals surface area (Å²) in [6.07, 6.45) is 3.81. The van der Waals surface area contributed by atoms with Gasteiger partial charge in [-0.15, -0.1) is 0 Å². The fourth-order valence-electron chi connectivity index (χ4n) is 2.56. The van der Waals surface area contributed by atoms with Crippen molar-refractivity contribution in [2.75, 3.05) is 0 Å². The van der Waals surface area contributed by atoms with Gasteiger partial charge in [-0.05, 0) is 23.6 Å². The van der Waals surface area contributed by atoms with E-state index in [0.717, 1.165) is 16.5 Å². The Balaban J connectivity index is 2.01. The van der Waals surface area contributed by atoms with Crippen molar-refractivity contribution in [2.24, 2.45) is 5.92 Å². The number of hydrogen-bond acceptors (Lipinski definition) is 4. The Bertz CT molecular complexity index is 939. The SMILES string of the molecule is CC(C)C(Sc1nc(/C=C/c2ccccc2)nc2ccccc12)C(=O)O. The van der Waals surface area contributed by atoms with Gasteiger partial charge in [-0.1, -0.05) is 80.2 Å². The molecular weight excluding hydrogens is 344 g/mol. The van der Waals surface area contributed by atoms with Gasteiger partial charge in [0.2, 0.25) is 0 Å². The van der Waals surface area contributed by atoms with E-state index < -0.39 is 11.2 Å². The van der Waals surface area contributed by atoms with E-state index in [4.69, 9.17) is 0 Å². The predicted molar refractivity (Wildman–Crippen MR) is 107 cm³/mol. The third-order valence-corrected chi connectivity index (χ3v) is 5.43. The third kappa shape index (κ3) is 4.29. The average molecular weight is 364 g/mol. The first kappa shape index (κ1) is 18.1. The van der Waals surface area contributed by atoms with Crippen LogP contribution in [0.1, 0.15) is 25.2 Å². The Morgan fingerprint density at radius 1 is 1.00 bits per heavy atom. The highest BCUT2D eigenvalue weighted by atomic mass is 32.2. The molecule has 1 aromatic heterocycles. The maximum absolute atomic E-state index is 11.6. The molecule has 0 bridgehead atoms. The Kier molecular flexibility index (Phi) is 5.68. The zero-order valence-electron chi connectivity index (χ0n) is 14.7. The van der Waals surface area contributed by atoms with Crippen LogP contribution >= 0.6 is 11.8 Å². The monoisotopic (exact) mass is 364 g/mol. The van der Waals surface area contributed by atoms with Crippen LogP contribution in [-0.2, 0) is 4.79 Å². The van der Waals surface area contributed by atoms with Gasteiger partial charge in [0.1, 0.15) is 10.3 Å². The van der Waals surface area contributed by atoms with Crippen LogP contribution < -0.4 is 0 Å². The fourth-order valence-corrected chi connectivity index (χ4v) is 3.62. The summed E-state index contributed by atoms with van der Waals surface area (Å²) in [5.74, 6) is -0.258. The lowest BCUT2D eigenvalue weighted by Crippen LogP contribution is -2.22. The molecule has 1 atom stereocenters. The maximum Gasteiger partial charge on any atom is 0.317 e. The fraction of sp³-hybridized carbons (Fsp3) is 0.190. The van der Waals surface area contributed by atoms with Crippen molar-refractivity contribution in [3.8, 4) is 0 Å². The molecule has 0 aliphatic carbocycles. The lowest BCUT2D eigenvalue weighted by molar-refractivity contribution is -0.137. The largest absolute Gasteiger partial charge is 0.480 e. The number of nitrogens with zero attached hydrogens (tertiary/aromatic N) is 2. The second kappa shape index (κ2) is 8.15. The van der Waals surface area contributed by atoms with E-state index in [2.05, 4.69) is 9.97 Å². The number of aliphatic carboxylic acids is 1. The Morgan fingerprint density at radius 3 is 2.38 bits per heavy atom. The standard InChI is InChI=1S/C21H20N2O2S/c1-14(2)19(21(24)25)26-20-16-10-6-7-11-17(16)22-18(23-20)13-12-15-8-4-3-5-9-15/h3-14,19H,1-2H3,(H,24,25)/b13-12+. The summed E-state index contributed by atoms with van der Waals surface area (Å²) in [5.41, 5.74) is 1.87. The predicted octanol–water partition coefficient (Wildman–Crippen LogP) is 5.00. The van der Waals surface area contributed by atoms with Crippen LogP contribution in [0.4, 0.5) is 0 Å². The topological polar surface area (TPSA) is 63.1 Å². The highest BCUT2D eigenvalue weighted by molar-refractivity contribution is 8.00. The van der Waals surface area contributed by atoms with E-state index >= 15 is 0 Å². The van der Waals surface area contributed by atoms with Gasteiger partial charge in [-0.2, -0.15) is 0 Å². The average Bonchev–Trinajstić information content (AvgIpc) is 2.64. The first-order chi connectivity index (χ1) is 12.5.